The van der Waals surface area contributed by atoms with E-state index >= 15 is 0 Å². The van der Waals surface area contributed by atoms with Crippen LogP contribution in [0, 0.1) is 11.5 Å². The fourth-order valence-corrected chi connectivity index (χ4v) is 1.32. The van der Waals surface area contributed by atoms with Crippen LogP contribution in [0.4, 0.5) is 0 Å². The van der Waals surface area contributed by atoms with E-state index in [1.54, 1.807) is 16.3 Å². The summed E-state index contributed by atoms with van der Waals surface area (Å²) in [5, 5.41) is 8.22. The highest BCUT2D eigenvalue weighted by atomic mass is 32.2. The zero-order valence-corrected chi connectivity index (χ0v) is 4.74. The molecule has 0 aromatic rings. The summed E-state index contributed by atoms with van der Waals surface area (Å²) in [6.45, 7) is 0.946. The first kappa shape index (κ1) is 4.79. The molecule has 0 amide bonds. The van der Waals surface area contributed by atoms with Crippen molar-refractivity contribution in [2.75, 3.05) is 12.3 Å². The van der Waals surface area contributed by atoms with Crippen molar-refractivity contribution in [1.29, 1.82) is 5.26 Å². The van der Waals surface area contributed by atoms with Crippen molar-refractivity contribution in [2.24, 2.45) is 0 Å². The Labute approximate surface area is 47.2 Å². The molecule has 7 heavy (non-hydrogen) atoms. The molecule has 1 heterocycles. The van der Waals surface area contributed by atoms with Gasteiger partial charge < -0.3 is 0 Å². The molecule has 1 aliphatic rings. The molecular formula is C4H6N2S. The monoisotopic (exact) mass is 114 g/mol. The molecule has 2 nitrogen and oxygen atoms in total. The predicted molar refractivity (Wildman–Crippen MR) is 29.4 cm³/mol. The molecule has 1 aliphatic heterocycles. The summed E-state index contributed by atoms with van der Waals surface area (Å²) in [4.78, 5) is 0. The van der Waals surface area contributed by atoms with Crippen molar-refractivity contribution in [3.8, 4) is 6.19 Å². The molecule has 0 aromatic heterocycles. The maximum Gasteiger partial charge on any atom is 0.190 e. The molecule has 1 saturated heterocycles. The second-order valence-corrected chi connectivity index (χ2v) is 2.50. The van der Waals surface area contributed by atoms with Gasteiger partial charge in [0, 0.05) is 12.3 Å². The first-order valence-corrected chi connectivity index (χ1v) is 3.18. The molecule has 0 radical (unpaired) electrons. The van der Waals surface area contributed by atoms with Crippen LogP contribution in [0.1, 0.15) is 6.42 Å². The van der Waals surface area contributed by atoms with E-state index in [1.807, 2.05) is 0 Å². The zero-order chi connectivity index (χ0) is 5.11. The lowest BCUT2D eigenvalue weighted by Crippen LogP contribution is -2.00. The fraction of sp³-hybridized carbons (Fsp3) is 0.750. The Kier molecular flexibility index (Phi) is 1.42. The van der Waals surface area contributed by atoms with E-state index in [2.05, 4.69) is 6.19 Å². The molecule has 0 N–H and O–H groups in total. The van der Waals surface area contributed by atoms with E-state index in [0.717, 1.165) is 18.7 Å². The Morgan fingerprint density at radius 1 is 1.71 bits per heavy atom. The second-order valence-electron chi connectivity index (χ2n) is 1.39. The largest absolute Gasteiger partial charge is 0.253 e. The van der Waals surface area contributed by atoms with Gasteiger partial charge in [-0.05, 0) is 18.4 Å². The van der Waals surface area contributed by atoms with E-state index in [1.165, 1.54) is 0 Å². The van der Waals surface area contributed by atoms with Crippen molar-refractivity contribution < 1.29 is 0 Å². The van der Waals surface area contributed by atoms with Crippen LogP contribution in [0.2, 0.25) is 0 Å². The summed E-state index contributed by atoms with van der Waals surface area (Å²) in [7, 11) is 0. The van der Waals surface area contributed by atoms with Crippen LogP contribution in [-0.2, 0) is 0 Å². The molecule has 0 aromatic carbocycles. The van der Waals surface area contributed by atoms with Gasteiger partial charge in [0.2, 0.25) is 0 Å². The molecule has 0 aliphatic carbocycles. The summed E-state index contributed by atoms with van der Waals surface area (Å²) in [5.74, 6) is 1.12. The minimum absolute atomic E-state index is 0.946. The van der Waals surface area contributed by atoms with Crippen LogP contribution in [0.15, 0.2) is 0 Å². The number of rotatable bonds is 0. The Balaban J connectivity index is 2.31. The Hall–Kier alpha value is -0.360. The van der Waals surface area contributed by atoms with Gasteiger partial charge in [0.1, 0.15) is 0 Å². The highest BCUT2D eigenvalue weighted by molar-refractivity contribution is 7.97. The smallest absolute Gasteiger partial charge is 0.190 e. The summed E-state index contributed by atoms with van der Waals surface area (Å²) < 4.78 is 1.71. The van der Waals surface area contributed by atoms with Crippen molar-refractivity contribution in [3.05, 3.63) is 0 Å². The molecule has 0 bridgehead atoms. The van der Waals surface area contributed by atoms with Gasteiger partial charge in [-0.15, -0.1) is 0 Å². The maximum atomic E-state index is 8.22. The van der Waals surface area contributed by atoms with Gasteiger partial charge in [0.15, 0.2) is 6.19 Å². The predicted octanol–water partition coefficient (Wildman–Crippen LogP) is 0.821. The van der Waals surface area contributed by atoms with Crippen molar-refractivity contribution in [2.45, 2.75) is 6.42 Å². The van der Waals surface area contributed by atoms with E-state index in [0.29, 0.717) is 0 Å². The third-order valence-electron chi connectivity index (χ3n) is 0.864. The summed E-state index contributed by atoms with van der Waals surface area (Å²) >= 11 is 1.61. The molecular weight excluding hydrogens is 108 g/mol. The molecule has 0 spiro atoms. The highest BCUT2D eigenvalue weighted by Crippen LogP contribution is 2.17. The number of nitrogens with zero attached hydrogens (tertiary/aromatic N) is 2. The Morgan fingerprint density at radius 3 is 2.86 bits per heavy atom. The number of hydrogen-bond acceptors (Lipinski definition) is 3. The lowest BCUT2D eigenvalue weighted by molar-refractivity contribution is 0.667. The molecule has 1 rings (SSSR count). The van der Waals surface area contributed by atoms with Crippen LogP contribution in [0.3, 0.4) is 0 Å². The van der Waals surface area contributed by atoms with Gasteiger partial charge in [0.25, 0.3) is 0 Å². The first-order chi connectivity index (χ1) is 3.43. The normalized spacial score (nSPS) is 19.6. The van der Waals surface area contributed by atoms with Gasteiger partial charge in [-0.2, -0.15) is 5.26 Å². The van der Waals surface area contributed by atoms with Crippen molar-refractivity contribution in [3.63, 3.8) is 0 Å². The van der Waals surface area contributed by atoms with Crippen LogP contribution >= 0.6 is 11.9 Å². The summed E-state index contributed by atoms with van der Waals surface area (Å²) in [5.41, 5.74) is 0. The van der Waals surface area contributed by atoms with E-state index in [4.69, 9.17) is 5.26 Å². The third kappa shape index (κ3) is 1.00. The average molecular weight is 114 g/mol. The average Bonchev–Trinajstić information content (AvgIpc) is 2.14. The van der Waals surface area contributed by atoms with E-state index in [9.17, 15) is 0 Å². The first-order valence-electron chi connectivity index (χ1n) is 2.23. The van der Waals surface area contributed by atoms with Crippen LogP contribution in [0.5, 0.6) is 0 Å². The van der Waals surface area contributed by atoms with Crippen LogP contribution in [0.25, 0.3) is 0 Å². The number of hydrogen-bond donors (Lipinski definition) is 0. The SMILES string of the molecule is N#CN1CCCS1. The van der Waals surface area contributed by atoms with Gasteiger partial charge in [-0.3, -0.25) is 4.31 Å². The quantitative estimate of drug-likeness (QED) is 0.344. The molecule has 0 atom stereocenters. The zero-order valence-electron chi connectivity index (χ0n) is 3.92. The lowest BCUT2D eigenvalue weighted by Gasteiger charge is -1.98. The maximum absolute atomic E-state index is 8.22. The van der Waals surface area contributed by atoms with Crippen LogP contribution in [-0.4, -0.2) is 16.6 Å². The molecule has 0 unspecified atom stereocenters. The summed E-state index contributed by atoms with van der Waals surface area (Å²) in [6.07, 6.45) is 3.23. The van der Waals surface area contributed by atoms with Crippen molar-refractivity contribution >= 4 is 11.9 Å². The molecule has 0 saturated carbocycles. The Morgan fingerprint density at radius 2 is 2.57 bits per heavy atom. The molecule has 38 valence electrons. The standard InChI is InChI=1S/C4H6N2S/c5-4-6-2-1-3-7-6/h1-3H2. The Bertz CT molecular complexity index is 90.4. The lowest BCUT2D eigenvalue weighted by atomic mass is 10.5. The van der Waals surface area contributed by atoms with Gasteiger partial charge in [0.05, 0.1) is 0 Å². The minimum atomic E-state index is 0.946. The summed E-state index contributed by atoms with van der Waals surface area (Å²) in [6, 6.07) is 0. The highest BCUT2D eigenvalue weighted by Gasteiger charge is 2.08. The van der Waals surface area contributed by atoms with Gasteiger partial charge >= 0.3 is 0 Å². The van der Waals surface area contributed by atoms with Crippen molar-refractivity contribution in [1.82, 2.24) is 4.31 Å². The van der Waals surface area contributed by atoms with Gasteiger partial charge in [-0.1, -0.05) is 0 Å². The van der Waals surface area contributed by atoms with E-state index in [-0.39, 0.29) is 0 Å². The topological polar surface area (TPSA) is 27.0 Å². The number of nitriles is 1. The fourth-order valence-electron chi connectivity index (χ4n) is 0.526. The molecule has 1 fully saturated rings. The van der Waals surface area contributed by atoms with Crippen LogP contribution < -0.4 is 0 Å². The minimum Gasteiger partial charge on any atom is -0.253 e. The molecule has 3 heteroatoms. The second kappa shape index (κ2) is 2.08. The van der Waals surface area contributed by atoms with Gasteiger partial charge in [-0.25, -0.2) is 0 Å². The van der Waals surface area contributed by atoms with E-state index < -0.39 is 0 Å². The third-order valence-corrected chi connectivity index (χ3v) is 1.91.